The average Bonchev–Trinajstić information content (AvgIpc) is 3.00. The van der Waals surface area contributed by atoms with Gasteiger partial charge in [-0.3, -0.25) is 13.9 Å². The van der Waals surface area contributed by atoms with Gasteiger partial charge in [0.15, 0.2) is 11.5 Å². The molecule has 0 aromatic heterocycles. The Kier molecular flexibility index (Phi) is 10.1. The molecule has 0 radical (unpaired) electrons. The van der Waals surface area contributed by atoms with Crippen molar-refractivity contribution in [3.8, 4) is 11.5 Å². The Morgan fingerprint density at radius 2 is 1.62 bits per heavy atom. The van der Waals surface area contributed by atoms with Crippen molar-refractivity contribution in [1.82, 2.24) is 10.2 Å². The smallest absolute Gasteiger partial charge is 0.264 e. The number of fused-ring (bicyclic) bond motifs is 1. The van der Waals surface area contributed by atoms with Crippen LogP contribution >= 0.6 is 0 Å². The number of hydrogen-bond donors (Lipinski definition) is 1. The zero-order valence-electron chi connectivity index (χ0n) is 24.0. The van der Waals surface area contributed by atoms with E-state index in [4.69, 9.17) is 9.47 Å². The summed E-state index contributed by atoms with van der Waals surface area (Å²) in [5.41, 5.74) is 1.06. The summed E-state index contributed by atoms with van der Waals surface area (Å²) in [6.07, 6.45) is 1.17. The molecule has 1 heterocycles. The minimum atomic E-state index is -4.34. The highest BCUT2D eigenvalue weighted by molar-refractivity contribution is 7.92. The Labute approximate surface area is 246 Å². The van der Waals surface area contributed by atoms with E-state index in [0.29, 0.717) is 25.2 Å². The van der Waals surface area contributed by atoms with E-state index in [1.54, 1.807) is 6.92 Å². The van der Waals surface area contributed by atoms with Gasteiger partial charge >= 0.3 is 0 Å². The van der Waals surface area contributed by atoms with E-state index in [9.17, 15) is 22.4 Å². The number of sulfonamides is 1. The monoisotopic (exact) mass is 597 g/mol. The number of amides is 2. The molecular weight excluding hydrogens is 561 g/mol. The molecule has 0 fully saturated rings. The highest BCUT2D eigenvalue weighted by Gasteiger charge is 2.33. The molecule has 4 rings (SSSR count). The van der Waals surface area contributed by atoms with Crippen LogP contribution in [0, 0.1) is 5.82 Å². The Morgan fingerprint density at radius 3 is 2.29 bits per heavy atom. The van der Waals surface area contributed by atoms with Gasteiger partial charge in [0, 0.05) is 18.7 Å². The summed E-state index contributed by atoms with van der Waals surface area (Å²) in [5.74, 6) is -0.788. The lowest BCUT2D eigenvalue weighted by molar-refractivity contribution is -0.139. The van der Waals surface area contributed by atoms with Gasteiger partial charge in [-0.25, -0.2) is 12.8 Å². The fourth-order valence-corrected chi connectivity index (χ4v) is 5.91. The highest BCUT2D eigenvalue weighted by atomic mass is 32.2. The molecule has 3 aromatic rings. The normalized spacial score (nSPS) is 14.0. The van der Waals surface area contributed by atoms with E-state index in [-0.39, 0.29) is 41.4 Å². The highest BCUT2D eigenvalue weighted by Crippen LogP contribution is 2.34. The van der Waals surface area contributed by atoms with Crippen molar-refractivity contribution in [2.24, 2.45) is 0 Å². The summed E-state index contributed by atoms with van der Waals surface area (Å²) < 4.78 is 53.9. The Bertz CT molecular complexity index is 1480. The van der Waals surface area contributed by atoms with Crippen LogP contribution in [0.2, 0.25) is 0 Å². The third-order valence-electron chi connectivity index (χ3n) is 7.15. The van der Waals surface area contributed by atoms with Gasteiger partial charge in [-0.15, -0.1) is 0 Å². The zero-order valence-corrected chi connectivity index (χ0v) is 24.8. The van der Waals surface area contributed by atoms with Crippen LogP contribution in [0.25, 0.3) is 0 Å². The standard InChI is InChI=1S/C31H36FN3O6S/c1-4-22(2)33-31(37)23(3)34(17-16-24-8-6-5-7-9-24)30(36)21-35(26-12-10-25(32)11-13-26)42(38,39)27-14-15-28-29(20-27)41-19-18-40-28/h5-15,20,22-23H,4,16-19,21H2,1-3H3,(H,33,37)/t22-,23-/m0/s1. The summed E-state index contributed by atoms with van der Waals surface area (Å²) in [6, 6.07) is 17.6. The lowest BCUT2D eigenvalue weighted by Crippen LogP contribution is -2.53. The number of rotatable bonds is 12. The van der Waals surface area contributed by atoms with Crippen molar-refractivity contribution in [2.45, 2.75) is 50.6 Å². The maximum absolute atomic E-state index is 14.0. The van der Waals surface area contributed by atoms with Crippen molar-refractivity contribution < 1.29 is 31.9 Å². The number of benzene rings is 3. The van der Waals surface area contributed by atoms with Crippen molar-refractivity contribution in [2.75, 3.05) is 30.6 Å². The second-order valence-electron chi connectivity index (χ2n) is 10.1. The van der Waals surface area contributed by atoms with Crippen LogP contribution in [-0.4, -0.2) is 63.5 Å². The Hall–Kier alpha value is -4.12. The minimum Gasteiger partial charge on any atom is -0.486 e. The number of hydrogen-bond acceptors (Lipinski definition) is 6. The van der Waals surface area contributed by atoms with Gasteiger partial charge < -0.3 is 19.7 Å². The SMILES string of the molecule is CC[C@H](C)NC(=O)[C@H](C)N(CCc1ccccc1)C(=O)CN(c1ccc(F)cc1)S(=O)(=O)c1ccc2c(c1)OCCO2. The second-order valence-corrected chi connectivity index (χ2v) is 12.0. The Balaban J connectivity index is 1.67. The summed E-state index contributed by atoms with van der Waals surface area (Å²) in [6.45, 7) is 5.62. The average molecular weight is 598 g/mol. The largest absolute Gasteiger partial charge is 0.486 e. The van der Waals surface area contributed by atoms with Crippen LogP contribution in [0.15, 0.2) is 77.7 Å². The summed E-state index contributed by atoms with van der Waals surface area (Å²) in [5, 5.41) is 2.91. The van der Waals surface area contributed by atoms with Gasteiger partial charge in [0.1, 0.15) is 31.6 Å². The van der Waals surface area contributed by atoms with Gasteiger partial charge in [-0.05, 0) is 68.7 Å². The van der Waals surface area contributed by atoms with Gasteiger partial charge in [-0.2, -0.15) is 0 Å². The number of carbonyl (C=O) groups is 2. The first-order valence-corrected chi connectivity index (χ1v) is 15.4. The number of carbonyl (C=O) groups excluding carboxylic acids is 2. The van der Waals surface area contributed by atoms with E-state index < -0.39 is 34.3 Å². The van der Waals surface area contributed by atoms with Crippen LogP contribution in [0.1, 0.15) is 32.8 Å². The molecule has 3 aromatic carbocycles. The molecule has 42 heavy (non-hydrogen) atoms. The van der Waals surface area contributed by atoms with E-state index in [0.717, 1.165) is 22.0 Å². The van der Waals surface area contributed by atoms with Crippen LogP contribution < -0.4 is 19.1 Å². The topological polar surface area (TPSA) is 105 Å². The van der Waals surface area contributed by atoms with Gasteiger partial charge in [0.05, 0.1) is 10.6 Å². The van der Waals surface area contributed by atoms with Crippen molar-refractivity contribution >= 4 is 27.5 Å². The molecule has 1 N–H and O–H groups in total. The van der Waals surface area contributed by atoms with Crippen LogP contribution in [0.3, 0.4) is 0 Å². The van der Waals surface area contributed by atoms with E-state index >= 15 is 0 Å². The molecule has 1 aliphatic heterocycles. The van der Waals surface area contributed by atoms with Crippen molar-refractivity contribution in [3.63, 3.8) is 0 Å². The molecule has 0 unspecified atom stereocenters. The number of anilines is 1. The number of ether oxygens (including phenoxy) is 2. The van der Waals surface area contributed by atoms with E-state index in [2.05, 4.69) is 5.32 Å². The number of nitrogens with zero attached hydrogens (tertiary/aromatic N) is 2. The molecule has 0 spiro atoms. The number of nitrogens with one attached hydrogen (secondary N) is 1. The lowest BCUT2D eigenvalue weighted by atomic mass is 10.1. The fourth-order valence-electron chi connectivity index (χ4n) is 4.48. The second kappa shape index (κ2) is 13.7. The first kappa shape index (κ1) is 30.8. The maximum atomic E-state index is 14.0. The molecule has 0 saturated heterocycles. The zero-order chi connectivity index (χ0) is 30.3. The fraction of sp³-hybridized carbons (Fsp3) is 0.355. The first-order chi connectivity index (χ1) is 20.1. The molecule has 0 saturated carbocycles. The molecule has 11 heteroatoms. The van der Waals surface area contributed by atoms with E-state index in [1.165, 1.54) is 35.2 Å². The third-order valence-corrected chi connectivity index (χ3v) is 8.92. The van der Waals surface area contributed by atoms with Gasteiger partial charge in [-0.1, -0.05) is 37.3 Å². The third kappa shape index (κ3) is 7.39. The molecular formula is C31H36FN3O6S. The predicted molar refractivity (Wildman–Crippen MR) is 158 cm³/mol. The molecule has 9 nitrogen and oxygen atoms in total. The minimum absolute atomic E-state index is 0.0966. The molecule has 224 valence electrons. The lowest BCUT2D eigenvalue weighted by Gasteiger charge is -2.32. The predicted octanol–water partition coefficient (Wildman–Crippen LogP) is 4.17. The van der Waals surface area contributed by atoms with Crippen molar-refractivity contribution in [3.05, 3.63) is 84.2 Å². The van der Waals surface area contributed by atoms with Crippen LogP contribution in [-0.2, 0) is 26.0 Å². The molecule has 1 aliphatic rings. The van der Waals surface area contributed by atoms with Gasteiger partial charge in [0.25, 0.3) is 10.0 Å². The maximum Gasteiger partial charge on any atom is 0.264 e. The van der Waals surface area contributed by atoms with Gasteiger partial charge in [0.2, 0.25) is 11.8 Å². The molecule has 2 amide bonds. The van der Waals surface area contributed by atoms with Crippen LogP contribution in [0.5, 0.6) is 11.5 Å². The summed E-state index contributed by atoms with van der Waals surface area (Å²) in [4.78, 5) is 28.3. The van der Waals surface area contributed by atoms with Crippen molar-refractivity contribution in [1.29, 1.82) is 0 Å². The Morgan fingerprint density at radius 1 is 0.952 bits per heavy atom. The number of halogens is 1. The molecule has 2 atom stereocenters. The van der Waals surface area contributed by atoms with Crippen LogP contribution in [0.4, 0.5) is 10.1 Å². The first-order valence-electron chi connectivity index (χ1n) is 13.9. The quantitative estimate of drug-likeness (QED) is 0.336. The molecule has 0 aliphatic carbocycles. The summed E-state index contributed by atoms with van der Waals surface area (Å²) in [7, 11) is -4.34. The molecule has 0 bridgehead atoms. The van der Waals surface area contributed by atoms with E-state index in [1.807, 2.05) is 44.2 Å². The summed E-state index contributed by atoms with van der Waals surface area (Å²) >= 11 is 0.